The highest BCUT2D eigenvalue weighted by Gasteiger charge is 2.70. The van der Waals surface area contributed by atoms with Crippen LogP contribution >= 0.6 is 0 Å². The highest BCUT2D eigenvalue weighted by Crippen LogP contribution is 2.62. The van der Waals surface area contributed by atoms with Crippen molar-refractivity contribution in [1.29, 1.82) is 0 Å². The van der Waals surface area contributed by atoms with Crippen LogP contribution in [-0.4, -0.2) is 43.6 Å². The maximum Gasteiger partial charge on any atom is 0.238 e. The Labute approximate surface area is 196 Å². The van der Waals surface area contributed by atoms with Crippen LogP contribution in [-0.2, 0) is 14.4 Å². The lowest BCUT2D eigenvalue weighted by atomic mass is 9.71. The zero-order valence-corrected chi connectivity index (χ0v) is 19.1. The third-order valence-electron chi connectivity index (χ3n) is 7.91. The van der Waals surface area contributed by atoms with E-state index < -0.39 is 11.8 Å². The van der Waals surface area contributed by atoms with Crippen molar-refractivity contribution < 1.29 is 28.7 Å². The fraction of sp³-hybridized carbons (Fsp3) is 0.385. The van der Waals surface area contributed by atoms with E-state index in [1.165, 1.54) is 11.8 Å². The molecule has 34 heavy (non-hydrogen) atoms. The number of carbonyl (C=O) groups excluding carboxylic acids is 3. The van der Waals surface area contributed by atoms with E-state index in [0.717, 1.165) is 17.7 Å². The van der Waals surface area contributed by atoms with Crippen molar-refractivity contribution in [2.24, 2.45) is 34.7 Å². The first-order chi connectivity index (χ1) is 16.4. The minimum Gasteiger partial charge on any atom is -0.497 e. The molecule has 2 aliphatic carbocycles. The number of ketones is 1. The molecule has 4 aliphatic rings. The molecule has 0 N–H and O–H groups in total. The first kappa shape index (κ1) is 20.9. The second-order valence-electron chi connectivity index (χ2n) is 9.37. The summed E-state index contributed by atoms with van der Waals surface area (Å²) in [5.41, 5.74) is 2.62. The average Bonchev–Trinajstić information content (AvgIpc) is 3.59. The summed E-state index contributed by atoms with van der Waals surface area (Å²) < 4.78 is 10.9. The highest BCUT2D eigenvalue weighted by molar-refractivity contribution is 6.23. The van der Waals surface area contributed by atoms with Crippen molar-refractivity contribution in [3.05, 3.63) is 53.6 Å². The number of benzene rings is 2. The van der Waals surface area contributed by atoms with Crippen LogP contribution in [0.1, 0.15) is 29.3 Å². The molecule has 174 valence electrons. The molecule has 0 radical (unpaired) electrons. The number of amides is 2. The van der Waals surface area contributed by atoms with Crippen molar-refractivity contribution in [3.63, 3.8) is 0 Å². The molecule has 2 aliphatic heterocycles. The highest BCUT2D eigenvalue weighted by atomic mass is 16.6. The molecule has 8 nitrogen and oxygen atoms in total. The third kappa shape index (κ3) is 2.71. The lowest BCUT2D eigenvalue weighted by Gasteiger charge is -2.30. The number of methoxy groups -OCH3 is 2. The van der Waals surface area contributed by atoms with Crippen LogP contribution in [0.2, 0.25) is 0 Å². The monoisotopic (exact) mass is 460 g/mol. The number of fused-ring (bicyclic) bond motifs is 8. The van der Waals surface area contributed by atoms with E-state index >= 15 is 0 Å². The van der Waals surface area contributed by atoms with E-state index in [1.54, 1.807) is 44.6 Å². The SMILES string of the molecule is COc1ccc(C2=NOC3C4CC(C23)C2C(=O)N(c3ccc(C(C)=O)cc3)C(=O)C42)c(OC)c1. The van der Waals surface area contributed by atoms with Crippen LogP contribution in [0.15, 0.2) is 47.6 Å². The van der Waals surface area contributed by atoms with Gasteiger partial charge in [-0.3, -0.25) is 19.3 Å². The maximum absolute atomic E-state index is 13.6. The molecule has 8 heteroatoms. The minimum atomic E-state index is -0.404. The Kier molecular flexibility index (Phi) is 4.56. The molecule has 0 aromatic heterocycles. The van der Waals surface area contributed by atoms with Gasteiger partial charge in [0.25, 0.3) is 0 Å². The van der Waals surface area contributed by atoms with E-state index in [-0.39, 0.29) is 41.5 Å². The van der Waals surface area contributed by atoms with Gasteiger partial charge >= 0.3 is 0 Å². The van der Waals surface area contributed by atoms with Gasteiger partial charge in [0.15, 0.2) is 5.78 Å². The van der Waals surface area contributed by atoms with Gasteiger partial charge < -0.3 is 14.3 Å². The van der Waals surface area contributed by atoms with Crippen LogP contribution in [0.3, 0.4) is 0 Å². The number of nitrogens with zero attached hydrogens (tertiary/aromatic N) is 2. The number of imide groups is 1. The first-order valence-electron chi connectivity index (χ1n) is 11.4. The van der Waals surface area contributed by atoms with Gasteiger partial charge in [0.1, 0.15) is 17.6 Å². The zero-order chi connectivity index (χ0) is 23.7. The Hall–Kier alpha value is -3.68. The molecular formula is C26H24N2O6. The largest absolute Gasteiger partial charge is 0.497 e. The smallest absolute Gasteiger partial charge is 0.238 e. The molecule has 2 bridgehead atoms. The number of ether oxygens (including phenoxy) is 2. The van der Waals surface area contributed by atoms with Crippen molar-refractivity contribution in [2.75, 3.05) is 19.1 Å². The van der Waals surface area contributed by atoms with E-state index in [2.05, 4.69) is 5.16 Å². The number of rotatable bonds is 5. The summed E-state index contributed by atoms with van der Waals surface area (Å²) in [6, 6.07) is 12.2. The Morgan fingerprint density at radius 2 is 1.68 bits per heavy atom. The fourth-order valence-corrected chi connectivity index (χ4v) is 6.46. The van der Waals surface area contributed by atoms with E-state index in [4.69, 9.17) is 14.3 Å². The van der Waals surface area contributed by atoms with Crippen molar-refractivity contribution in [1.82, 2.24) is 0 Å². The molecule has 2 heterocycles. The normalized spacial score (nSPS) is 30.7. The Bertz CT molecular complexity index is 1250. The maximum atomic E-state index is 13.6. The first-order valence-corrected chi connectivity index (χ1v) is 11.4. The number of hydrogen-bond acceptors (Lipinski definition) is 7. The number of anilines is 1. The van der Waals surface area contributed by atoms with E-state index in [0.29, 0.717) is 22.7 Å². The Morgan fingerprint density at radius 1 is 0.971 bits per heavy atom. The molecule has 2 amide bonds. The van der Waals surface area contributed by atoms with Crippen molar-refractivity contribution in [3.8, 4) is 11.5 Å². The molecule has 6 unspecified atom stereocenters. The van der Waals surface area contributed by atoms with Crippen LogP contribution in [0.5, 0.6) is 11.5 Å². The third-order valence-corrected chi connectivity index (χ3v) is 7.91. The predicted molar refractivity (Wildman–Crippen MR) is 122 cm³/mol. The van der Waals surface area contributed by atoms with Gasteiger partial charge in [-0.05, 0) is 55.7 Å². The molecule has 1 saturated heterocycles. The van der Waals surface area contributed by atoms with Crippen molar-refractivity contribution >= 4 is 29.0 Å². The summed E-state index contributed by atoms with van der Waals surface area (Å²) in [5, 5.41) is 4.40. The van der Waals surface area contributed by atoms with Gasteiger partial charge in [0.2, 0.25) is 11.8 Å². The molecule has 2 aromatic rings. The summed E-state index contributed by atoms with van der Waals surface area (Å²) in [4.78, 5) is 45.8. The minimum absolute atomic E-state index is 0.0361. The van der Waals surface area contributed by atoms with Gasteiger partial charge in [-0.2, -0.15) is 0 Å². The second-order valence-corrected chi connectivity index (χ2v) is 9.37. The number of Topliss-reactive ketones (excluding diaryl/α,β-unsaturated/α-hetero) is 1. The lowest BCUT2D eigenvalue weighted by molar-refractivity contribution is -0.125. The average molecular weight is 460 g/mol. The van der Waals surface area contributed by atoms with Gasteiger partial charge in [0, 0.05) is 29.0 Å². The quantitative estimate of drug-likeness (QED) is 0.503. The second kappa shape index (κ2) is 7.41. The molecule has 2 aromatic carbocycles. The summed E-state index contributed by atoms with van der Waals surface area (Å²) in [7, 11) is 3.19. The van der Waals surface area contributed by atoms with Crippen LogP contribution < -0.4 is 14.4 Å². The summed E-state index contributed by atoms with van der Waals surface area (Å²) in [5.74, 6) is -0.109. The molecular weight excluding hydrogens is 436 g/mol. The van der Waals surface area contributed by atoms with Gasteiger partial charge in [-0.25, -0.2) is 0 Å². The summed E-state index contributed by atoms with van der Waals surface area (Å²) in [6.07, 6.45) is 0.529. The molecule has 0 spiro atoms. The molecule has 6 atom stereocenters. The molecule has 2 saturated carbocycles. The summed E-state index contributed by atoms with van der Waals surface area (Å²) in [6.45, 7) is 1.49. The summed E-state index contributed by atoms with van der Waals surface area (Å²) >= 11 is 0. The Balaban J connectivity index is 1.32. The van der Waals surface area contributed by atoms with Gasteiger partial charge in [-0.1, -0.05) is 5.16 Å². The van der Waals surface area contributed by atoms with E-state index in [1.807, 2.05) is 12.1 Å². The standard InChI is InChI=1S/C26H24N2O6/c1-12(29)13-4-6-14(7-5-13)28-25(30)20-17-11-18(21(20)26(28)31)24-22(17)23(27-34-24)16-9-8-15(32-2)10-19(16)33-3/h4-10,17-18,20-22,24H,11H2,1-3H3. The van der Waals surface area contributed by atoms with Crippen molar-refractivity contribution in [2.45, 2.75) is 19.4 Å². The lowest BCUT2D eigenvalue weighted by Crippen LogP contribution is -2.41. The topological polar surface area (TPSA) is 94.5 Å². The fourth-order valence-electron chi connectivity index (χ4n) is 6.46. The zero-order valence-electron chi connectivity index (χ0n) is 19.1. The predicted octanol–water partition coefficient (Wildman–Crippen LogP) is 3.08. The molecule has 6 rings (SSSR count). The Morgan fingerprint density at radius 3 is 2.32 bits per heavy atom. The van der Waals surface area contributed by atoms with Crippen LogP contribution in [0, 0.1) is 29.6 Å². The number of oxime groups is 1. The van der Waals surface area contributed by atoms with Crippen LogP contribution in [0.25, 0.3) is 0 Å². The number of carbonyl (C=O) groups is 3. The van der Waals surface area contributed by atoms with Crippen LogP contribution in [0.4, 0.5) is 5.69 Å². The number of hydrogen-bond donors (Lipinski definition) is 0. The van der Waals surface area contributed by atoms with Gasteiger partial charge in [-0.15, -0.1) is 0 Å². The van der Waals surface area contributed by atoms with Gasteiger partial charge in [0.05, 0.1) is 37.5 Å². The van der Waals surface area contributed by atoms with E-state index in [9.17, 15) is 14.4 Å². The molecule has 3 fully saturated rings.